The van der Waals surface area contributed by atoms with Gasteiger partial charge in [0.15, 0.2) is 5.13 Å². The van der Waals surface area contributed by atoms with Gasteiger partial charge in [0.05, 0.1) is 6.54 Å². The molecule has 98 valence electrons. The average molecular weight is 266 g/mol. The molecule has 0 radical (unpaired) electrons. The number of carbonyl (C=O) groups excluding carboxylic acids is 1. The van der Waals surface area contributed by atoms with Crippen molar-refractivity contribution in [3.63, 3.8) is 0 Å². The molecule has 0 spiro atoms. The van der Waals surface area contributed by atoms with Crippen LogP contribution in [0.2, 0.25) is 0 Å². The summed E-state index contributed by atoms with van der Waals surface area (Å²) in [6.07, 6.45) is 5.52. The molecule has 2 aliphatic rings. The highest BCUT2D eigenvalue weighted by atomic mass is 32.1. The summed E-state index contributed by atoms with van der Waals surface area (Å²) in [4.78, 5) is 19.3. The first-order valence-electron chi connectivity index (χ1n) is 6.51. The first-order valence-corrected chi connectivity index (χ1v) is 7.32. The highest BCUT2D eigenvalue weighted by Crippen LogP contribution is 2.25. The third-order valence-electron chi connectivity index (χ3n) is 3.22. The van der Waals surface area contributed by atoms with Gasteiger partial charge in [-0.25, -0.2) is 4.98 Å². The van der Waals surface area contributed by atoms with Gasteiger partial charge in [-0.05, 0) is 19.3 Å². The van der Waals surface area contributed by atoms with Crippen LogP contribution < -0.4 is 15.5 Å². The van der Waals surface area contributed by atoms with E-state index in [-0.39, 0.29) is 5.91 Å². The number of amides is 1. The van der Waals surface area contributed by atoms with E-state index in [1.165, 1.54) is 17.7 Å². The Morgan fingerprint density at radius 1 is 1.56 bits per heavy atom. The molecule has 1 saturated carbocycles. The van der Waals surface area contributed by atoms with E-state index in [0.29, 0.717) is 6.54 Å². The lowest BCUT2D eigenvalue weighted by Crippen LogP contribution is -2.32. The third-order valence-corrected chi connectivity index (χ3v) is 4.27. The maximum absolute atomic E-state index is 11.5. The minimum Gasteiger partial charge on any atom is -0.354 e. The SMILES string of the molecule is O=C1CN(c2ncc(CNC3CC3)s2)CCCN1. The summed E-state index contributed by atoms with van der Waals surface area (Å²) in [7, 11) is 0. The zero-order chi connectivity index (χ0) is 12.4. The molecule has 3 rings (SSSR count). The van der Waals surface area contributed by atoms with Crippen LogP contribution in [0.5, 0.6) is 0 Å². The van der Waals surface area contributed by atoms with Crippen molar-refractivity contribution in [2.75, 3.05) is 24.5 Å². The Morgan fingerprint density at radius 3 is 3.28 bits per heavy atom. The lowest BCUT2D eigenvalue weighted by atomic mass is 10.4. The Hall–Kier alpha value is -1.14. The van der Waals surface area contributed by atoms with Gasteiger partial charge in [0.1, 0.15) is 0 Å². The minimum atomic E-state index is 0.0976. The number of carbonyl (C=O) groups is 1. The van der Waals surface area contributed by atoms with Crippen LogP contribution in [-0.2, 0) is 11.3 Å². The molecule has 1 aromatic rings. The van der Waals surface area contributed by atoms with Crippen LogP contribution in [0.15, 0.2) is 6.20 Å². The van der Waals surface area contributed by atoms with Gasteiger partial charge < -0.3 is 15.5 Å². The smallest absolute Gasteiger partial charge is 0.239 e. The largest absolute Gasteiger partial charge is 0.354 e. The van der Waals surface area contributed by atoms with E-state index in [1.54, 1.807) is 11.3 Å². The lowest BCUT2D eigenvalue weighted by molar-refractivity contribution is -0.119. The van der Waals surface area contributed by atoms with Gasteiger partial charge in [0.25, 0.3) is 0 Å². The summed E-state index contributed by atoms with van der Waals surface area (Å²) in [5.41, 5.74) is 0. The van der Waals surface area contributed by atoms with Crippen molar-refractivity contribution in [2.45, 2.75) is 31.8 Å². The van der Waals surface area contributed by atoms with E-state index in [0.717, 1.165) is 37.2 Å². The van der Waals surface area contributed by atoms with E-state index >= 15 is 0 Å². The van der Waals surface area contributed by atoms with Gasteiger partial charge in [0, 0.05) is 36.8 Å². The second-order valence-corrected chi connectivity index (χ2v) is 5.98. The van der Waals surface area contributed by atoms with E-state index in [1.807, 2.05) is 6.20 Å². The number of nitrogens with one attached hydrogen (secondary N) is 2. The molecule has 2 heterocycles. The summed E-state index contributed by atoms with van der Waals surface area (Å²) < 4.78 is 0. The van der Waals surface area contributed by atoms with Gasteiger partial charge in [0.2, 0.25) is 5.91 Å². The van der Waals surface area contributed by atoms with E-state index in [2.05, 4.69) is 20.5 Å². The molecule has 0 unspecified atom stereocenters. The number of rotatable bonds is 4. The van der Waals surface area contributed by atoms with Crippen LogP contribution in [0.3, 0.4) is 0 Å². The van der Waals surface area contributed by atoms with Gasteiger partial charge in [-0.1, -0.05) is 0 Å². The molecule has 1 aromatic heterocycles. The van der Waals surface area contributed by atoms with Crippen LogP contribution in [0.25, 0.3) is 0 Å². The standard InChI is InChI=1S/C12H18N4OS/c17-11-8-16(5-1-4-13-11)12-15-7-10(18-12)6-14-9-2-3-9/h7,9,14H,1-6,8H2,(H,13,17). The van der Waals surface area contributed by atoms with Gasteiger partial charge in [-0.2, -0.15) is 0 Å². The second-order valence-electron chi connectivity index (χ2n) is 4.89. The molecule has 0 bridgehead atoms. The van der Waals surface area contributed by atoms with Crippen molar-refractivity contribution in [1.82, 2.24) is 15.6 Å². The molecular formula is C12H18N4OS. The number of thiazole rings is 1. The molecule has 1 saturated heterocycles. The summed E-state index contributed by atoms with van der Waals surface area (Å²) in [6.45, 7) is 3.02. The van der Waals surface area contributed by atoms with Gasteiger partial charge >= 0.3 is 0 Å². The fourth-order valence-corrected chi connectivity index (χ4v) is 2.91. The monoisotopic (exact) mass is 266 g/mol. The Balaban J connectivity index is 1.61. The molecule has 18 heavy (non-hydrogen) atoms. The van der Waals surface area contributed by atoms with Crippen LogP contribution in [-0.4, -0.2) is 36.6 Å². The molecule has 0 atom stereocenters. The topological polar surface area (TPSA) is 57.3 Å². The summed E-state index contributed by atoms with van der Waals surface area (Å²) in [5.74, 6) is 0.0976. The minimum absolute atomic E-state index is 0.0976. The normalized spacial score (nSPS) is 20.7. The van der Waals surface area contributed by atoms with Gasteiger partial charge in [-0.15, -0.1) is 11.3 Å². The van der Waals surface area contributed by atoms with Crippen LogP contribution in [0.1, 0.15) is 24.1 Å². The average Bonchev–Trinajstić information content (AvgIpc) is 3.12. The Bertz CT molecular complexity index is 429. The molecule has 1 aliphatic heterocycles. The maximum atomic E-state index is 11.5. The van der Waals surface area contributed by atoms with E-state index in [4.69, 9.17) is 0 Å². The van der Waals surface area contributed by atoms with Crippen LogP contribution in [0.4, 0.5) is 5.13 Å². The van der Waals surface area contributed by atoms with Crippen molar-refractivity contribution in [3.05, 3.63) is 11.1 Å². The van der Waals surface area contributed by atoms with Crippen molar-refractivity contribution in [2.24, 2.45) is 0 Å². The summed E-state index contributed by atoms with van der Waals surface area (Å²) >= 11 is 1.69. The molecular weight excluding hydrogens is 248 g/mol. The van der Waals surface area contributed by atoms with Gasteiger partial charge in [-0.3, -0.25) is 4.79 Å². The van der Waals surface area contributed by atoms with Crippen LogP contribution in [0, 0.1) is 0 Å². The molecule has 0 aromatic carbocycles. The number of hydrogen-bond donors (Lipinski definition) is 2. The molecule has 5 nitrogen and oxygen atoms in total. The summed E-state index contributed by atoms with van der Waals surface area (Å²) in [6, 6.07) is 0.722. The van der Waals surface area contributed by atoms with Crippen molar-refractivity contribution in [3.8, 4) is 0 Å². The predicted octanol–water partition coefficient (Wildman–Crippen LogP) is 0.721. The second kappa shape index (κ2) is 5.24. The first kappa shape index (κ1) is 11.9. The zero-order valence-electron chi connectivity index (χ0n) is 10.3. The maximum Gasteiger partial charge on any atom is 0.239 e. The number of hydrogen-bond acceptors (Lipinski definition) is 5. The molecule has 2 fully saturated rings. The third kappa shape index (κ3) is 3.00. The Kier molecular flexibility index (Phi) is 3.47. The fourth-order valence-electron chi connectivity index (χ4n) is 2.03. The predicted molar refractivity (Wildman–Crippen MR) is 71.8 cm³/mol. The molecule has 6 heteroatoms. The Labute approximate surface area is 111 Å². The fraction of sp³-hybridized carbons (Fsp3) is 0.667. The summed E-state index contributed by atoms with van der Waals surface area (Å²) in [5, 5.41) is 7.34. The van der Waals surface area contributed by atoms with Crippen LogP contribution >= 0.6 is 11.3 Å². The number of nitrogens with zero attached hydrogens (tertiary/aromatic N) is 2. The van der Waals surface area contributed by atoms with E-state index < -0.39 is 0 Å². The highest BCUT2D eigenvalue weighted by molar-refractivity contribution is 7.15. The molecule has 1 amide bonds. The number of anilines is 1. The first-order chi connectivity index (χ1) is 8.81. The number of aromatic nitrogens is 1. The quantitative estimate of drug-likeness (QED) is 0.843. The zero-order valence-corrected chi connectivity index (χ0v) is 11.1. The lowest BCUT2D eigenvalue weighted by Gasteiger charge is -2.16. The van der Waals surface area contributed by atoms with Crippen molar-refractivity contribution < 1.29 is 4.79 Å². The van der Waals surface area contributed by atoms with Crippen molar-refractivity contribution >= 4 is 22.4 Å². The molecule has 2 N–H and O–H groups in total. The van der Waals surface area contributed by atoms with E-state index in [9.17, 15) is 4.79 Å². The molecule has 1 aliphatic carbocycles. The Morgan fingerprint density at radius 2 is 2.44 bits per heavy atom. The highest BCUT2D eigenvalue weighted by Gasteiger charge is 2.21. The van der Waals surface area contributed by atoms with Crippen molar-refractivity contribution in [1.29, 1.82) is 0 Å².